The average Bonchev–Trinajstić information content (AvgIpc) is 2.70. The number of piperazine rings is 1. The third kappa shape index (κ3) is 6.05. The zero-order chi connectivity index (χ0) is 24.2. The molecule has 1 aromatic heterocycles. The van der Waals surface area contributed by atoms with Gasteiger partial charge in [-0.2, -0.15) is 4.99 Å². The fourth-order valence-electron chi connectivity index (χ4n) is 3.70. The van der Waals surface area contributed by atoms with Gasteiger partial charge in [-0.15, -0.1) is 0 Å². The number of hydrogen-bond acceptors (Lipinski definition) is 5. The van der Waals surface area contributed by atoms with Crippen LogP contribution in [0.2, 0.25) is 0 Å². The molecule has 0 aromatic carbocycles. The Labute approximate surface area is 191 Å². The summed E-state index contributed by atoms with van der Waals surface area (Å²) in [7, 11) is 1.69. The van der Waals surface area contributed by atoms with E-state index in [0.29, 0.717) is 36.9 Å². The van der Waals surface area contributed by atoms with Gasteiger partial charge < -0.3 is 14.5 Å². The van der Waals surface area contributed by atoms with Gasteiger partial charge in [-0.3, -0.25) is 14.9 Å². The first-order chi connectivity index (χ1) is 14.9. The molecule has 1 fully saturated rings. The van der Waals surface area contributed by atoms with Gasteiger partial charge in [0.2, 0.25) is 0 Å². The molecule has 9 heteroatoms. The number of carbonyl (C=O) groups is 2. The lowest BCUT2D eigenvalue weighted by Gasteiger charge is -2.41. The zero-order valence-electron chi connectivity index (χ0n) is 20.5. The maximum Gasteiger partial charge on any atom is 0.410 e. The van der Waals surface area contributed by atoms with E-state index in [2.05, 4.69) is 21.7 Å². The molecule has 1 saturated heterocycles. The van der Waals surface area contributed by atoms with Crippen molar-refractivity contribution in [2.75, 3.05) is 31.6 Å². The van der Waals surface area contributed by atoms with Gasteiger partial charge in [0.1, 0.15) is 11.4 Å². The van der Waals surface area contributed by atoms with Crippen molar-refractivity contribution in [3.8, 4) is 0 Å². The second-order valence-corrected chi connectivity index (χ2v) is 9.19. The zero-order valence-corrected chi connectivity index (χ0v) is 20.5. The summed E-state index contributed by atoms with van der Waals surface area (Å²) < 4.78 is 5.48. The van der Waals surface area contributed by atoms with Crippen LogP contribution in [0, 0.1) is 6.92 Å². The molecule has 1 aromatic rings. The molecule has 2 atom stereocenters. The molecule has 0 spiro atoms. The van der Waals surface area contributed by atoms with E-state index in [9.17, 15) is 9.59 Å². The predicted octanol–water partition coefficient (Wildman–Crippen LogP) is 4.07. The van der Waals surface area contributed by atoms with E-state index in [1.807, 2.05) is 59.4 Å². The lowest BCUT2D eigenvalue weighted by Crippen LogP contribution is -2.55. The summed E-state index contributed by atoms with van der Waals surface area (Å²) in [5.74, 6) is 0.608. The highest BCUT2D eigenvalue weighted by atomic mass is 16.6. The van der Waals surface area contributed by atoms with Crippen molar-refractivity contribution in [3.63, 3.8) is 0 Å². The van der Waals surface area contributed by atoms with Crippen LogP contribution in [-0.2, 0) is 4.74 Å². The van der Waals surface area contributed by atoms with Crippen molar-refractivity contribution < 1.29 is 14.3 Å². The van der Waals surface area contributed by atoms with Gasteiger partial charge in [0.25, 0.3) is 0 Å². The second kappa shape index (κ2) is 10.1. The molecule has 3 amide bonds. The van der Waals surface area contributed by atoms with E-state index in [1.165, 1.54) is 4.90 Å². The van der Waals surface area contributed by atoms with Crippen LogP contribution in [0.4, 0.5) is 15.3 Å². The molecule has 2 rings (SSSR count). The molecule has 9 nitrogen and oxygen atoms in total. The molecule has 0 saturated carbocycles. The molecule has 1 aliphatic heterocycles. The molecule has 176 valence electrons. The number of nitrogens with zero attached hydrogens (tertiary/aromatic N) is 6. The molecule has 0 bridgehead atoms. The molecule has 1 aliphatic rings. The SMILES string of the molecule is C=NC(C)c1nccc(C)c1N(C)C(=O)/N=C(\C)N1CCN(C(=O)OC(C)(C)C)C[C@@H]1C. The minimum atomic E-state index is -0.534. The Bertz CT molecular complexity index is 892. The van der Waals surface area contributed by atoms with E-state index in [4.69, 9.17) is 4.74 Å². The highest BCUT2D eigenvalue weighted by molar-refractivity contribution is 6.01. The summed E-state index contributed by atoms with van der Waals surface area (Å²) >= 11 is 0. The summed E-state index contributed by atoms with van der Waals surface area (Å²) in [6.45, 7) is 18.4. The van der Waals surface area contributed by atoms with Gasteiger partial charge in [0, 0.05) is 38.9 Å². The first-order valence-electron chi connectivity index (χ1n) is 10.8. The summed E-state index contributed by atoms with van der Waals surface area (Å²) in [5, 5.41) is 0. The molecule has 32 heavy (non-hydrogen) atoms. The first-order valence-corrected chi connectivity index (χ1v) is 10.8. The lowest BCUT2D eigenvalue weighted by atomic mass is 10.1. The maximum absolute atomic E-state index is 13.0. The van der Waals surface area contributed by atoms with Crippen LogP contribution in [0.1, 0.15) is 58.8 Å². The van der Waals surface area contributed by atoms with Crippen LogP contribution in [0.5, 0.6) is 0 Å². The molecule has 0 N–H and O–H groups in total. The van der Waals surface area contributed by atoms with Crippen LogP contribution in [0.3, 0.4) is 0 Å². The Morgan fingerprint density at radius 1 is 1.34 bits per heavy atom. The van der Waals surface area contributed by atoms with E-state index in [0.717, 1.165) is 5.56 Å². The third-order valence-electron chi connectivity index (χ3n) is 5.40. The van der Waals surface area contributed by atoms with Crippen molar-refractivity contribution in [1.29, 1.82) is 0 Å². The number of anilines is 1. The fraction of sp³-hybridized carbons (Fsp3) is 0.609. The number of aryl methyl sites for hydroxylation is 1. The van der Waals surface area contributed by atoms with Crippen LogP contribution in [-0.4, -0.2) is 77.8 Å². The standard InChI is InChI=1S/C23H36N6O3/c1-15-10-11-25-19(17(3)24-8)20(15)27(9)21(30)26-18(4)29-13-12-28(14-16(29)2)22(31)32-23(5,6)7/h10-11,16-17H,8,12-14H2,1-7,9H3/b26-18+/t16-,17?/m0/s1. The normalized spacial score (nSPS) is 18.2. The number of hydrogen-bond donors (Lipinski definition) is 0. The number of rotatable bonds is 3. The van der Waals surface area contributed by atoms with Crippen LogP contribution in [0.25, 0.3) is 0 Å². The highest BCUT2D eigenvalue weighted by Gasteiger charge is 2.31. The molecule has 2 heterocycles. The predicted molar refractivity (Wildman–Crippen MR) is 128 cm³/mol. The number of amidine groups is 1. The molecular formula is C23H36N6O3. The number of ether oxygens (including phenoxy) is 1. The first kappa shape index (κ1) is 25.3. The number of urea groups is 1. The molecule has 0 aliphatic carbocycles. The van der Waals surface area contributed by atoms with Crippen LogP contribution >= 0.6 is 0 Å². The minimum Gasteiger partial charge on any atom is -0.444 e. The summed E-state index contributed by atoms with van der Waals surface area (Å²) in [5.41, 5.74) is 1.75. The van der Waals surface area contributed by atoms with Gasteiger partial charge in [-0.05, 0) is 66.8 Å². The number of pyridine rings is 1. The number of aliphatic imine (C=N–C) groups is 2. The smallest absolute Gasteiger partial charge is 0.410 e. The maximum atomic E-state index is 13.0. The average molecular weight is 445 g/mol. The number of carbonyl (C=O) groups excluding carboxylic acids is 2. The Morgan fingerprint density at radius 3 is 2.56 bits per heavy atom. The fourth-order valence-corrected chi connectivity index (χ4v) is 3.70. The topological polar surface area (TPSA) is 90.7 Å². The van der Waals surface area contributed by atoms with Gasteiger partial charge in [0.05, 0.1) is 17.4 Å². The van der Waals surface area contributed by atoms with E-state index in [1.54, 1.807) is 18.1 Å². The van der Waals surface area contributed by atoms with E-state index in [-0.39, 0.29) is 18.2 Å². The van der Waals surface area contributed by atoms with Gasteiger partial charge >= 0.3 is 12.1 Å². The molecular weight excluding hydrogens is 408 g/mol. The van der Waals surface area contributed by atoms with Crippen molar-refractivity contribution in [2.24, 2.45) is 9.98 Å². The molecule has 1 unspecified atom stereocenters. The highest BCUT2D eigenvalue weighted by Crippen LogP contribution is 2.29. The largest absolute Gasteiger partial charge is 0.444 e. The van der Waals surface area contributed by atoms with Crippen molar-refractivity contribution in [3.05, 3.63) is 23.5 Å². The number of amides is 3. The van der Waals surface area contributed by atoms with Gasteiger partial charge in [-0.25, -0.2) is 9.59 Å². The van der Waals surface area contributed by atoms with E-state index < -0.39 is 11.6 Å². The quantitative estimate of drug-likeness (QED) is 0.518. The summed E-state index contributed by atoms with van der Waals surface area (Å²) in [6.07, 6.45) is 1.38. The monoisotopic (exact) mass is 444 g/mol. The number of aromatic nitrogens is 1. The minimum absolute atomic E-state index is 0.00111. The Balaban J connectivity index is 2.14. The third-order valence-corrected chi connectivity index (χ3v) is 5.40. The lowest BCUT2D eigenvalue weighted by molar-refractivity contribution is 0.0133. The van der Waals surface area contributed by atoms with Crippen molar-refractivity contribution in [2.45, 2.75) is 66.2 Å². The summed E-state index contributed by atoms with van der Waals surface area (Å²) in [6, 6.07) is 1.22. The Hall–Kier alpha value is -2.97. The van der Waals surface area contributed by atoms with Crippen molar-refractivity contribution >= 4 is 30.4 Å². The van der Waals surface area contributed by atoms with Gasteiger partial charge in [-0.1, -0.05) is 0 Å². The van der Waals surface area contributed by atoms with Crippen LogP contribution in [0.15, 0.2) is 22.2 Å². The van der Waals surface area contributed by atoms with Gasteiger partial charge in [0.15, 0.2) is 0 Å². The molecule has 0 radical (unpaired) electrons. The second-order valence-electron chi connectivity index (χ2n) is 9.19. The Morgan fingerprint density at radius 2 is 2.00 bits per heavy atom. The van der Waals surface area contributed by atoms with Crippen LogP contribution < -0.4 is 4.90 Å². The summed E-state index contributed by atoms with van der Waals surface area (Å²) in [4.78, 5) is 43.4. The van der Waals surface area contributed by atoms with Crippen molar-refractivity contribution in [1.82, 2.24) is 14.8 Å². The van der Waals surface area contributed by atoms with E-state index >= 15 is 0 Å². The Kier molecular flexibility index (Phi) is 7.98.